The predicted octanol–water partition coefficient (Wildman–Crippen LogP) is 2.50. The normalized spacial score (nSPS) is 11.3. The van der Waals surface area contributed by atoms with Gasteiger partial charge in [0, 0.05) is 32.5 Å². The number of aryl methyl sites for hydroxylation is 5. The first-order chi connectivity index (χ1) is 13.8. The smallest absolute Gasteiger partial charge is 0.275 e. The Bertz CT molecular complexity index is 1160. The molecule has 3 aromatic heterocycles. The van der Waals surface area contributed by atoms with E-state index in [-0.39, 0.29) is 5.91 Å². The van der Waals surface area contributed by atoms with Crippen LogP contribution in [0.5, 0.6) is 0 Å². The highest BCUT2D eigenvalue weighted by Gasteiger charge is 2.23. The quantitative estimate of drug-likeness (QED) is 0.524. The largest absolute Gasteiger partial charge is 0.330 e. The number of aromatic nitrogens is 6. The first-order valence-electron chi connectivity index (χ1n) is 9.53. The molecule has 0 unspecified atom stereocenters. The topological polar surface area (TPSA) is 73.8 Å². The molecule has 8 nitrogen and oxygen atoms in total. The van der Waals surface area contributed by atoms with E-state index in [1.807, 2.05) is 80.6 Å². The Balaban J connectivity index is 1.70. The van der Waals surface area contributed by atoms with Crippen molar-refractivity contribution in [2.45, 2.75) is 26.9 Å². The van der Waals surface area contributed by atoms with Crippen molar-refractivity contribution in [2.24, 2.45) is 21.1 Å². The molecule has 0 aliphatic rings. The fourth-order valence-electron chi connectivity index (χ4n) is 3.44. The van der Waals surface area contributed by atoms with Crippen LogP contribution in [-0.2, 0) is 34.2 Å². The summed E-state index contributed by atoms with van der Waals surface area (Å²) in [5, 5.41) is 8.90. The van der Waals surface area contributed by atoms with Crippen molar-refractivity contribution in [3.05, 3.63) is 65.0 Å². The Hall–Kier alpha value is -3.42. The van der Waals surface area contributed by atoms with E-state index >= 15 is 0 Å². The van der Waals surface area contributed by atoms with Crippen LogP contribution < -0.4 is 0 Å². The van der Waals surface area contributed by atoms with E-state index in [9.17, 15) is 4.79 Å². The summed E-state index contributed by atoms with van der Waals surface area (Å²) in [6.07, 6.45) is 0. The van der Waals surface area contributed by atoms with Gasteiger partial charge in [-0.05, 0) is 38.1 Å². The molecule has 3 heterocycles. The fourth-order valence-corrected chi connectivity index (χ4v) is 3.44. The van der Waals surface area contributed by atoms with Gasteiger partial charge in [-0.1, -0.05) is 12.1 Å². The van der Waals surface area contributed by atoms with Crippen molar-refractivity contribution < 1.29 is 4.79 Å². The Morgan fingerprint density at radius 1 is 0.966 bits per heavy atom. The number of imidazole rings is 1. The molecule has 0 saturated heterocycles. The lowest BCUT2D eigenvalue weighted by atomic mass is 10.3. The van der Waals surface area contributed by atoms with Crippen LogP contribution >= 0.6 is 0 Å². The molecule has 0 aliphatic carbocycles. The minimum absolute atomic E-state index is 0.135. The van der Waals surface area contributed by atoms with Crippen LogP contribution in [0.15, 0.2) is 36.4 Å². The molecule has 0 spiro atoms. The molecule has 0 bridgehead atoms. The van der Waals surface area contributed by atoms with Gasteiger partial charge in [0.2, 0.25) is 0 Å². The SMILES string of the molecule is Cc1cc(CN(Cc2nc3ccccc3n2C)C(=O)c2cc(C)n(C)n2)nn1C. The molecular weight excluding hydrogens is 366 g/mol. The van der Waals surface area contributed by atoms with Crippen LogP contribution in [0.2, 0.25) is 0 Å². The summed E-state index contributed by atoms with van der Waals surface area (Å²) in [5.41, 5.74) is 5.20. The van der Waals surface area contributed by atoms with Gasteiger partial charge in [0.1, 0.15) is 5.82 Å². The summed E-state index contributed by atoms with van der Waals surface area (Å²) in [6, 6.07) is 11.8. The maximum Gasteiger partial charge on any atom is 0.275 e. The number of amides is 1. The second-order valence-electron chi connectivity index (χ2n) is 7.43. The maximum absolute atomic E-state index is 13.3. The van der Waals surface area contributed by atoms with Crippen molar-refractivity contribution in [1.29, 1.82) is 0 Å². The Kier molecular flexibility index (Phi) is 4.70. The zero-order valence-corrected chi connectivity index (χ0v) is 17.4. The number of hydrogen-bond donors (Lipinski definition) is 0. The van der Waals surface area contributed by atoms with Gasteiger partial charge in [-0.25, -0.2) is 4.98 Å². The zero-order valence-electron chi connectivity index (χ0n) is 17.4. The molecule has 8 heteroatoms. The highest BCUT2D eigenvalue weighted by atomic mass is 16.2. The van der Waals surface area contributed by atoms with Crippen LogP contribution in [0.25, 0.3) is 11.0 Å². The standard InChI is InChI=1S/C21H25N7O/c1-14-10-16(23-26(14)4)12-28(21(29)18-11-15(2)27(5)24-18)13-20-22-17-8-6-7-9-19(17)25(20)3/h6-11H,12-13H2,1-5H3. The lowest BCUT2D eigenvalue weighted by Gasteiger charge is -2.20. The van der Waals surface area contributed by atoms with Crippen LogP contribution in [-0.4, -0.2) is 39.9 Å². The van der Waals surface area contributed by atoms with Gasteiger partial charge in [-0.3, -0.25) is 14.2 Å². The van der Waals surface area contributed by atoms with E-state index in [1.165, 1.54) is 0 Å². The Labute approximate surface area is 169 Å². The Morgan fingerprint density at radius 2 is 1.66 bits per heavy atom. The van der Waals surface area contributed by atoms with E-state index in [1.54, 1.807) is 9.58 Å². The number of hydrogen-bond acceptors (Lipinski definition) is 4. The third-order valence-electron chi connectivity index (χ3n) is 5.35. The molecule has 0 atom stereocenters. The lowest BCUT2D eigenvalue weighted by molar-refractivity contribution is 0.0715. The van der Waals surface area contributed by atoms with Gasteiger partial charge in [-0.2, -0.15) is 10.2 Å². The van der Waals surface area contributed by atoms with E-state index in [0.717, 1.165) is 33.9 Å². The van der Waals surface area contributed by atoms with Gasteiger partial charge in [0.25, 0.3) is 5.91 Å². The van der Waals surface area contributed by atoms with Gasteiger partial charge in [-0.15, -0.1) is 0 Å². The second kappa shape index (κ2) is 7.20. The van der Waals surface area contributed by atoms with Crippen molar-refractivity contribution in [3.8, 4) is 0 Å². The summed E-state index contributed by atoms with van der Waals surface area (Å²) in [7, 11) is 5.71. The monoisotopic (exact) mass is 391 g/mol. The number of carbonyl (C=O) groups is 1. The van der Waals surface area contributed by atoms with Crippen molar-refractivity contribution >= 4 is 16.9 Å². The molecule has 0 radical (unpaired) electrons. The molecule has 1 aromatic carbocycles. The van der Waals surface area contributed by atoms with Crippen molar-refractivity contribution in [3.63, 3.8) is 0 Å². The first kappa shape index (κ1) is 18.9. The minimum Gasteiger partial charge on any atom is -0.330 e. The number of rotatable bonds is 5. The molecule has 0 fully saturated rings. The van der Waals surface area contributed by atoms with E-state index in [0.29, 0.717) is 18.8 Å². The lowest BCUT2D eigenvalue weighted by Crippen LogP contribution is -2.31. The zero-order chi connectivity index (χ0) is 20.7. The van der Waals surface area contributed by atoms with Crippen molar-refractivity contribution in [1.82, 2.24) is 34.0 Å². The third-order valence-corrected chi connectivity index (χ3v) is 5.35. The van der Waals surface area contributed by atoms with Crippen LogP contribution in [0, 0.1) is 13.8 Å². The average Bonchev–Trinajstić information content (AvgIpc) is 3.31. The molecule has 150 valence electrons. The number of carbonyl (C=O) groups excluding carboxylic acids is 1. The number of para-hydroxylation sites is 2. The third kappa shape index (κ3) is 3.53. The number of nitrogens with zero attached hydrogens (tertiary/aromatic N) is 7. The van der Waals surface area contributed by atoms with Gasteiger partial charge in [0.15, 0.2) is 5.69 Å². The molecule has 0 aliphatic heterocycles. The van der Waals surface area contributed by atoms with Crippen LogP contribution in [0.1, 0.15) is 33.4 Å². The second-order valence-corrected chi connectivity index (χ2v) is 7.43. The van der Waals surface area contributed by atoms with E-state index < -0.39 is 0 Å². The number of benzene rings is 1. The molecule has 4 aromatic rings. The highest BCUT2D eigenvalue weighted by molar-refractivity contribution is 5.92. The predicted molar refractivity (Wildman–Crippen MR) is 110 cm³/mol. The van der Waals surface area contributed by atoms with E-state index in [4.69, 9.17) is 4.98 Å². The Morgan fingerprint density at radius 3 is 2.28 bits per heavy atom. The summed E-state index contributed by atoms with van der Waals surface area (Å²) >= 11 is 0. The number of fused-ring (bicyclic) bond motifs is 1. The molecule has 1 amide bonds. The van der Waals surface area contributed by atoms with Crippen molar-refractivity contribution in [2.75, 3.05) is 0 Å². The molecular formula is C21H25N7O. The highest BCUT2D eigenvalue weighted by Crippen LogP contribution is 2.18. The summed E-state index contributed by atoms with van der Waals surface area (Å²) in [6.45, 7) is 4.69. The van der Waals surface area contributed by atoms with Gasteiger partial charge in [0.05, 0.1) is 29.8 Å². The summed E-state index contributed by atoms with van der Waals surface area (Å²) < 4.78 is 5.56. The molecule has 0 saturated carbocycles. The molecule has 4 rings (SSSR count). The fraction of sp³-hybridized carbons (Fsp3) is 0.333. The van der Waals surface area contributed by atoms with Crippen LogP contribution in [0.4, 0.5) is 0 Å². The van der Waals surface area contributed by atoms with E-state index in [2.05, 4.69) is 10.2 Å². The minimum atomic E-state index is -0.135. The molecule has 0 N–H and O–H groups in total. The summed E-state index contributed by atoms with van der Waals surface area (Å²) in [4.78, 5) is 19.8. The maximum atomic E-state index is 13.3. The van der Waals surface area contributed by atoms with Gasteiger partial charge < -0.3 is 9.47 Å². The van der Waals surface area contributed by atoms with Crippen LogP contribution in [0.3, 0.4) is 0 Å². The summed E-state index contributed by atoms with van der Waals surface area (Å²) in [5.74, 6) is 0.684. The average molecular weight is 391 g/mol. The first-order valence-corrected chi connectivity index (χ1v) is 9.53. The molecule has 29 heavy (non-hydrogen) atoms. The van der Waals surface area contributed by atoms with Gasteiger partial charge >= 0.3 is 0 Å².